The fourth-order valence-electron chi connectivity index (χ4n) is 1.98. The van der Waals surface area contributed by atoms with Gasteiger partial charge in [0.2, 0.25) is 5.91 Å². The van der Waals surface area contributed by atoms with E-state index in [0.717, 1.165) is 4.47 Å². The second-order valence-corrected chi connectivity index (χ2v) is 5.60. The van der Waals surface area contributed by atoms with E-state index in [-0.39, 0.29) is 38.4 Å². The molecule has 1 aliphatic rings. The monoisotopic (exact) mass is 332 g/mol. The van der Waals surface area contributed by atoms with Crippen molar-refractivity contribution in [3.05, 3.63) is 28.7 Å². The maximum absolute atomic E-state index is 13.0. The first-order valence-corrected chi connectivity index (χ1v) is 6.89. The van der Waals surface area contributed by atoms with E-state index in [4.69, 9.17) is 0 Å². The summed E-state index contributed by atoms with van der Waals surface area (Å²) in [4.78, 5) is 13.5. The van der Waals surface area contributed by atoms with Crippen molar-refractivity contribution in [1.29, 1.82) is 0 Å². The van der Waals surface area contributed by atoms with E-state index in [2.05, 4.69) is 21.2 Å². The third kappa shape index (κ3) is 4.54. The molecule has 19 heavy (non-hydrogen) atoms. The van der Waals surface area contributed by atoms with Gasteiger partial charge in [-0.05, 0) is 24.3 Å². The summed E-state index contributed by atoms with van der Waals surface area (Å²) in [6.45, 7) is 0.688. The molecule has 0 spiro atoms. The molecule has 1 aromatic rings. The number of benzene rings is 1. The van der Waals surface area contributed by atoms with Gasteiger partial charge in [-0.3, -0.25) is 9.69 Å². The first kappa shape index (κ1) is 14.4. The molecule has 0 radical (unpaired) electrons. The molecular weight excluding hydrogens is 318 g/mol. The maximum atomic E-state index is 13.0. The third-order valence-corrected chi connectivity index (χ3v) is 3.61. The summed E-state index contributed by atoms with van der Waals surface area (Å²) in [5.74, 6) is -2.74. The molecule has 0 bridgehead atoms. The van der Waals surface area contributed by atoms with Gasteiger partial charge in [0.15, 0.2) is 0 Å². The molecule has 1 fully saturated rings. The van der Waals surface area contributed by atoms with Gasteiger partial charge in [0.1, 0.15) is 0 Å². The molecule has 0 aliphatic carbocycles. The molecule has 1 amide bonds. The summed E-state index contributed by atoms with van der Waals surface area (Å²) < 4.78 is 26.9. The molecule has 1 saturated heterocycles. The van der Waals surface area contributed by atoms with Crippen LogP contribution in [0.3, 0.4) is 0 Å². The Morgan fingerprint density at radius 1 is 1.26 bits per heavy atom. The van der Waals surface area contributed by atoms with Crippen LogP contribution in [0.2, 0.25) is 0 Å². The minimum absolute atomic E-state index is 0.159. The van der Waals surface area contributed by atoms with E-state index in [9.17, 15) is 13.6 Å². The zero-order chi connectivity index (χ0) is 13.9. The number of nitrogens with zero attached hydrogens (tertiary/aromatic N) is 1. The fourth-order valence-corrected chi connectivity index (χ4v) is 2.24. The Kier molecular flexibility index (Phi) is 4.52. The van der Waals surface area contributed by atoms with Crippen molar-refractivity contribution in [3.63, 3.8) is 0 Å². The molecule has 0 aromatic heterocycles. The van der Waals surface area contributed by atoms with Gasteiger partial charge in [-0.2, -0.15) is 0 Å². The lowest BCUT2D eigenvalue weighted by Crippen LogP contribution is -2.42. The van der Waals surface area contributed by atoms with Crippen LogP contribution in [-0.4, -0.2) is 36.4 Å². The normalized spacial score (nSPS) is 19.1. The fraction of sp³-hybridized carbons (Fsp3) is 0.462. The first-order chi connectivity index (χ1) is 8.94. The number of carbonyl (C=O) groups is 1. The van der Waals surface area contributed by atoms with Crippen molar-refractivity contribution in [2.75, 3.05) is 25.0 Å². The van der Waals surface area contributed by atoms with Gasteiger partial charge in [0, 0.05) is 36.1 Å². The Hall–Kier alpha value is -1.01. The minimum Gasteiger partial charge on any atom is -0.325 e. The third-order valence-electron chi connectivity index (χ3n) is 3.08. The number of halogens is 3. The number of hydrogen-bond donors (Lipinski definition) is 1. The van der Waals surface area contributed by atoms with Crippen molar-refractivity contribution in [1.82, 2.24) is 4.90 Å². The number of rotatable bonds is 3. The maximum Gasteiger partial charge on any atom is 0.250 e. The van der Waals surface area contributed by atoms with Crippen molar-refractivity contribution in [2.24, 2.45) is 0 Å². The molecule has 0 unspecified atom stereocenters. The SMILES string of the molecule is O=C(CN1CCC(F)(F)CC1)Nc1ccc(Br)cc1. The molecule has 1 aromatic carbocycles. The second-order valence-electron chi connectivity index (χ2n) is 4.69. The van der Waals surface area contributed by atoms with Gasteiger partial charge >= 0.3 is 0 Å². The largest absolute Gasteiger partial charge is 0.325 e. The van der Waals surface area contributed by atoms with E-state index in [1.165, 1.54) is 0 Å². The molecule has 6 heteroatoms. The highest BCUT2D eigenvalue weighted by Gasteiger charge is 2.34. The molecule has 3 nitrogen and oxygen atoms in total. The molecule has 1 aliphatic heterocycles. The first-order valence-electron chi connectivity index (χ1n) is 6.10. The van der Waals surface area contributed by atoms with E-state index in [1.54, 1.807) is 17.0 Å². The number of nitrogens with one attached hydrogen (secondary N) is 1. The average Bonchev–Trinajstić information content (AvgIpc) is 2.35. The summed E-state index contributed by atoms with van der Waals surface area (Å²) in [6, 6.07) is 7.23. The Morgan fingerprint density at radius 2 is 1.84 bits per heavy atom. The van der Waals surface area contributed by atoms with Gasteiger partial charge in [0.25, 0.3) is 5.92 Å². The van der Waals surface area contributed by atoms with Crippen LogP contribution in [0.25, 0.3) is 0 Å². The lowest BCUT2D eigenvalue weighted by molar-refractivity contribution is -0.119. The van der Waals surface area contributed by atoms with Crippen LogP contribution in [0.1, 0.15) is 12.8 Å². The van der Waals surface area contributed by atoms with E-state index in [1.807, 2.05) is 12.1 Å². The topological polar surface area (TPSA) is 32.3 Å². The standard InChI is InChI=1S/C13H15BrF2N2O/c14-10-1-3-11(4-2-10)17-12(19)9-18-7-5-13(15,16)6-8-18/h1-4H,5-9H2,(H,17,19). The van der Waals surface area contributed by atoms with Gasteiger partial charge in [-0.25, -0.2) is 8.78 Å². The molecule has 104 valence electrons. The summed E-state index contributed by atoms with van der Waals surface area (Å²) in [5, 5.41) is 2.75. The number of hydrogen-bond acceptors (Lipinski definition) is 2. The highest BCUT2D eigenvalue weighted by Crippen LogP contribution is 2.27. The predicted molar refractivity (Wildman–Crippen MR) is 73.4 cm³/mol. The molecule has 0 atom stereocenters. The van der Waals surface area contributed by atoms with Crippen LogP contribution in [0, 0.1) is 0 Å². The molecular formula is C13H15BrF2N2O. The van der Waals surface area contributed by atoms with E-state index in [0.29, 0.717) is 5.69 Å². The van der Waals surface area contributed by atoms with Crippen LogP contribution in [0.15, 0.2) is 28.7 Å². The van der Waals surface area contributed by atoms with Gasteiger partial charge in [-0.15, -0.1) is 0 Å². The number of piperidine rings is 1. The Balaban J connectivity index is 1.80. The zero-order valence-corrected chi connectivity index (χ0v) is 11.9. The van der Waals surface area contributed by atoms with Gasteiger partial charge < -0.3 is 5.32 Å². The van der Waals surface area contributed by atoms with Crippen molar-refractivity contribution >= 4 is 27.5 Å². The molecule has 1 heterocycles. The van der Waals surface area contributed by atoms with Crippen LogP contribution in [0.4, 0.5) is 14.5 Å². The van der Waals surface area contributed by atoms with Crippen molar-refractivity contribution < 1.29 is 13.6 Å². The van der Waals surface area contributed by atoms with Crippen LogP contribution in [0.5, 0.6) is 0 Å². The quantitative estimate of drug-likeness (QED) is 0.922. The minimum atomic E-state index is -2.57. The summed E-state index contributed by atoms with van der Waals surface area (Å²) >= 11 is 3.31. The van der Waals surface area contributed by atoms with Crippen molar-refractivity contribution in [2.45, 2.75) is 18.8 Å². The van der Waals surface area contributed by atoms with Crippen LogP contribution in [-0.2, 0) is 4.79 Å². The lowest BCUT2D eigenvalue weighted by atomic mass is 10.1. The predicted octanol–water partition coefficient (Wildman–Crippen LogP) is 3.12. The van der Waals surface area contributed by atoms with Crippen LogP contribution >= 0.6 is 15.9 Å². The van der Waals surface area contributed by atoms with Crippen LogP contribution < -0.4 is 5.32 Å². The summed E-state index contributed by atoms with van der Waals surface area (Å²) in [6.07, 6.45) is -0.336. The Morgan fingerprint density at radius 3 is 2.42 bits per heavy atom. The highest BCUT2D eigenvalue weighted by molar-refractivity contribution is 9.10. The number of carbonyl (C=O) groups excluding carboxylic acids is 1. The molecule has 2 rings (SSSR count). The number of amides is 1. The summed E-state index contributed by atoms with van der Waals surface area (Å²) in [5.41, 5.74) is 0.704. The van der Waals surface area contributed by atoms with E-state index < -0.39 is 5.92 Å². The zero-order valence-electron chi connectivity index (χ0n) is 10.3. The number of alkyl halides is 2. The Bertz CT molecular complexity index is 440. The van der Waals surface area contributed by atoms with Gasteiger partial charge in [-0.1, -0.05) is 15.9 Å². The number of anilines is 1. The average molecular weight is 333 g/mol. The number of likely N-dealkylation sites (tertiary alicyclic amines) is 1. The lowest BCUT2D eigenvalue weighted by Gasteiger charge is -2.31. The van der Waals surface area contributed by atoms with Crippen molar-refractivity contribution in [3.8, 4) is 0 Å². The molecule has 0 saturated carbocycles. The molecule has 1 N–H and O–H groups in total. The van der Waals surface area contributed by atoms with Gasteiger partial charge in [0.05, 0.1) is 6.54 Å². The Labute approximate surface area is 119 Å². The van der Waals surface area contributed by atoms with E-state index >= 15 is 0 Å². The highest BCUT2D eigenvalue weighted by atomic mass is 79.9. The summed E-state index contributed by atoms with van der Waals surface area (Å²) in [7, 11) is 0. The smallest absolute Gasteiger partial charge is 0.250 e. The second kappa shape index (κ2) is 5.96.